The maximum atomic E-state index is 12.3. The maximum Gasteiger partial charge on any atom is 0.233 e. The molecule has 0 saturated carbocycles. The summed E-state index contributed by atoms with van der Waals surface area (Å²) in [6, 6.07) is 6.70. The van der Waals surface area contributed by atoms with Crippen LogP contribution in [-0.4, -0.2) is 42.2 Å². The zero-order valence-corrected chi connectivity index (χ0v) is 13.9. The molecule has 1 amide bonds. The summed E-state index contributed by atoms with van der Waals surface area (Å²) in [6.45, 7) is 8.92. The molecule has 1 aromatic carbocycles. The fourth-order valence-electron chi connectivity index (χ4n) is 2.30. The Morgan fingerprint density at radius 1 is 1.45 bits per heavy atom. The van der Waals surface area contributed by atoms with E-state index in [1.807, 2.05) is 4.90 Å². The van der Waals surface area contributed by atoms with Crippen LogP contribution in [0.4, 0.5) is 0 Å². The molecule has 0 bridgehead atoms. The van der Waals surface area contributed by atoms with Crippen LogP contribution in [0, 0.1) is 13.8 Å². The summed E-state index contributed by atoms with van der Waals surface area (Å²) < 4.78 is 0. The van der Waals surface area contributed by atoms with Gasteiger partial charge in [0.2, 0.25) is 5.91 Å². The molecule has 0 aliphatic carbocycles. The molecule has 0 spiro atoms. The number of benzene rings is 1. The van der Waals surface area contributed by atoms with Crippen LogP contribution in [-0.2, 0) is 4.79 Å². The molecule has 1 aliphatic rings. The highest BCUT2D eigenvalue weighted by Crippen LogP contribution is 2.24. The molecule has 5 heteroatoms. The Balaban J connectivity index is 0.00000200. The van der Waals surface area contributed by atoms with Crippen LogP contribution >= 0.6 is 24.2 Å². The largest absolute Gasteiger partial charge is 0.337 e. The van der Waals surface area contributed by atoms with E-state index in [0.717, 1.165) is 19.6 Å². The van der Waals surface area contributed by atoms with Crippen molar-refractivity contribution in [3.8, 4) is 0 Å². The van der Waals surface area contributed by atoms with Crippen molar-refractivity contribution in [2.45, 2.75) is 31.7 Å². The van der Waals surface area contributed by atoms with Gasteiger partial charge in [0.1, 0.15) is 0 Å². The third kappa shape index (κ3) is 4.40. The van der Waals surface area contributed by atoms with Crippen molar-refractivity contribution in [1.29, 1.82) is 0 Å². The average molecular weight is 315 g/mol. The minimum atomic E-state index is 0. The monoisotopic (exact) mass is 314 g/mol. The highest BCUT2D eigenvalue weighted by Gasteiger charge is 2.22. The van der Waals surface area contributed by atoms with Crippen LogP contribution < -0.4 is 5.32 Å². The van der Waals surface area contributed by atoms with Crippen molar-refractivity contribution in [2.75, 3.05) is 25.4 Å². The smallest absolute Gasteiger partial charge is 0.233 e. The lowest BCUT2D eigenvalue weighted by molar-refractivity contribution is -0.131. The number of carbonyl (C=O) groups is 1. The van der Waals surface area contributed by atoms with Gasteiger partial charge in [0.05, 0.1) is 5.75 Å². The molecule has 1 saturated heterocycles. The number of nitrogens with one attached hydrogen (secondary N) is 1. The van der Waals surface area contributed by atoms with Gasteiger partial charge in [-0.3, -0.25) is 4.79 Å². The Morgan fingerprint density at radius 2 is 2.20 bits per heavy atom. The minimum Gasteiger partial charge on any atom is -0.337 e. The fraction of sp³-hybridized carbons (Fsp3) is 0.533. The minimum absolute atomic E-state index is 0. The summed E-state index contributed by atoms with van der Waals surface area (Å²) in [4.78, 5) is 15.5. The van der Waals surface area contributed by atoms with Crippen molar-refractivity contribution in [2.24, 2.45) is 0 Å². The van der Waals surface area contributed by atoms with Crippen LogP contribution in [0.2, 0.25) is 0 Å². The third-order valence-corrected chi connectivity index (χ3v) is 4.66. The Bertz CT molecular complexity index is 467. The van der Waals surface area contributed by atoms with E-state index in [1.165, 1.54) is 16.0 Å². The Morgan fingerprint density at radius 3 is 2.90 bits per heavy atom. The zero-order chi connectivity index (χ0) is 13.8. The number of hydrogen-bond donors (Lipinski definition) is 1. The second-order valence-corrected chi connectivity index (χ2v) is 6.22. The first-order valence-corrected chi connectivity index (χ1v) is 7.76. The molecule has 0 unspecified atom stereocenters. The number of rotatable bonds is 3. The van der Waals surface area contributed by atoms with E-state index in [2.05, 4.69) is 44.3 Å². The van der Waals surface area contributed by atoms with Gasteiger partial charge in [0, 0.05) is 30.6 Å². The molecule has 1 heterocycles. The van der Waals surface area contributed by atoms with Gasteiger partial charge >= 0.3 is 0 Å². The topological polar surface area (TPSA) is 32.3 Å². The van der Waals surface area contributed by atoms with Crippen LogP contribution in [0.25, 0.3) is 0 Å². The zero-order valence-electron chi connectivity index (χ0n) is 12.3. The average Bonchev–Trinajstić information content (AvgIpc) is 2.40. The molecule has 1 fully saturated rings. The molecule has 0 aromatic heterocycles. The fourth-order valence-corrected chi connectivity index (χ4v) is 3.31. The highest BCUT2D eigenvalue weighted by molar-refractivity contribution is 8.00. The van der Waals surface area contributed by atoms with Crippen molar-refractivity contribution < 1.29 is 4.79 Å². The van der Waals surface area contributed by atoms with E-state index < -0.39 is 0 Å². The summed E-state index contributed by atoms with van der Waals surface area (Å²) in [5, 5.41) is 3.31. The number of hydrogen-bond acceptors (Lipinski definition) is 3. The van der Waals surface area contributed by atoms with E-state index in [4.69, 9.17) is 0 Å². The molecule has 20 heavy (non-hydrogen) atoms. The lowest BCUT2D eigenvalue weighted by Crippen LogP contribution is -2.52. The Labute approximate surface area is 131 Å². The first kappa shape index (κ1) is 17.3. The molecule has 3 nitrogen and oxygen atoms in total. The predicted octanol–water partition coefficient (Wildman–Crippen LogP) is 2.64. The number of amides is 1. The van der Waals surface area contributed by atoms with E-state index in [-0.39, 0.29) is 18.3 Å². The summed E-state index contributed by atoms with van der Waals surface area (Å²) >= 11 is 1.65. The van der Waals surface area contributed by atoms with Gasteiger partial charge < -0.3 is 10.2 Å². The normalized spacial score (nSPS) is 18.6. The van der Waals surface area contributed by atoms with Gasteiger partial charge in [0.15, 0.2) is 0 Å². The lowest BCUT2D eigenvalue weighted by Gasteiger charge is -2.34. The van der Waals surface area contributed by atoms with Crippen molar-refractivity contribution in [3.63, 3.8) is 0 Å². The molecule has 112 valence electrons. The SMILES string of the molecule is Cc1ccc(C)c(SCC(=O)N2CCNC[C@@H]2C)c1.Cl. The molecular weight excluding hydrogens is 292 g/mol. The predicted molar refractivity (Wildman–Crippen MR) is 87.9 cm³/mol. The maximum absolute atomic E-state index is 12.3. The quantitative estimate of drug-likeness (QED) is 0.871. The molecule has 1 atom stereocenters. The molecule has 0 radical (unpaired) electrons. The first-order valence-electron chi connectivity index (χ1n) is 6.78. The van der Waals surface area contributed by atoms with E-state index >= 15 is 0 Å². The number of halogens is 1. The van der Waals surface area contributed by atoms with Crippen LogP contribution in [0.5, 0.6) is 0 Å². The van der Waals surface area contributed by atoms with Crippen LogP contribution in [0.1, 0.15) is 18.1 Å². The third-order valence-electron chi connectivity index (χ3n) is 3.52. The first-order chi connectivity index (χ1) is 9.08. The number of carbonyl (C=O) groups excluding carboxylic acids is 1. The number of aryl methyl sites for hydroxylation is 2. The van der Waals surface area contributed by atoms with Crippen molar-refractivity contribution in [3.05, 3.63) is 29.3 Å². The van der Waals surface area contributed by atoms with Crippen molar-refractivity contribution >= 4 is 30.1 Å². The van der Waals surface area contributed by atoms with Crippen LogP contribution in [0.15, 0.2) is 23.1 Å². The lowest BCUT2D eigenvalue weighted by atomic mass is 10.2. The standard InChI is InChI=1S/C15H22N2OS.ClH/c1-11-4-5-12(2)14(8-11)19-10-15(18)17-7-6-16-9-13(17)3;/h4-5,8,13,16H,6-7,9-10H2,1-3H3;1H/t13-;/m0./s1. The molecule has 1 N–H and O–H groups in total. The second-order valence-electron chi connectivity index (χ2n) is 5.20. The van der Waals surface area contributed by atoms with E-state index in [0.29, 0.717) is 11.8 Å². The molecular formula is C15H23ClN2OS. The van der Waals surface area contributed by atoms with Gasteiger partial charge in [-0.2, -0.15) is 0 Å². The molecule has 2 rings (SSSR count). The summed E-state index contributed by atoms with van der Waals surface area (Å²) in [5.41, 5.74) is 2.49. The summed E-state index contributed by atoms with van der Waals surface area (Å²) in [5.74, 6) is 0.786. The number of piperazine rings is 1. The summed E-state index contributed by atoms with van der Waals surface area (Å²) in [7, 11) is 0. The van der Waals surface area contributed by atoms with Gasteiger partial charge in [-0.15, -0.1) is 24.2 Å². The molecule has 1 aromatic rings. The number of nitrogens with zero attached hydrogens (tertiary/aromatic N) is 1. The highest BCUT2D eigenvalue weighted by atomic mass is 35.5. The second kappa shape index (κ2) is 7.91. The van der Waals surface area contributed by atoms with Crippen molar-refractivity contribution in [1.82, 2.24) is 10.2 Å². The van der Waals surface area contributed by atoms with Gasteiger partial charge in [-0.25, -0.2) is 0 Å². The van der Waals surface area contributed by atoms with Crippen LogP contribution in [0.3, 0.4) is 0 Å². The van der Waals surface area contributed by atoms with E-state index in [1.54, 1.807) is 11.8 Å². The van der Waals surface area contributed by atoms with Gasteiger partial charge in [-0.1, -0.05) is 17.7 Å². The summed E-state index contributed by atoms with van der Waals surface area (Å²) in [6.07, 6.45) is 0. The van der Waals surface area contributed by atoms with E-state index in [9.17, 15) is 4.79 Å². The van der Waals surface area contributed by atoms with Gasteiger partial charge in [-0.05, 0) is 32.4 Å². The number of thioether (sulfide) groups is 1. The molecule has 1 aliphatic heterocycles. The Kier molecular flexibility index (Phi) is 6.86. The Hall–Kier alpha value is -0.710. The van der Waals surface area contributed by atoms with Gasteiger partial charge in [0.25, 0.3) is 0 Å².